The molecule has 5 aromatic rings. The Balaban J connectivity index is 1.42. The number of fused-ring (bicyclic) bond motifs is 2. The van der Waals surface area contributed by atoms with Crippen LogP contribution in [-0.2, 0) is 14.8 Å². The smallest absolute Gasteiger partial charge is 0.301 e. The first-order chi connectivity index (χ1) is 15.9. The Bertz CT molecular complexity index is 1600. The lowest BCUT2D eigenvalue weighted by atomic mass is 10.3. The highest BCUT2D eigenvalue weighted by Gasteiger charge is 2.31. The second kappa shape index (κ2) is 8.90. The number of thiazole rings is 1. The second-order valence-electron chi connectivity index (χ2n) is 7.00. The molecule has 0 saturated heterocycles. The third-order valence-corrected chi connectivity index (χ3v) is 9.00. The van der Waals surface area contributed by atoms with E-state index in [-0.39, 0.29) is 16.6 Å². The van der Waals surface area contributed by atoms with Crippen molar-refractivity contribution in [2.45, 2.75) is 10.1 Å². The number of amides is 1. The van der Waals surface area contributed by atoms with Crippen LogP contribution in [0.3, 0.4) is 0 Å². The van der Waals surface area contributed by atoms with Crippen molar-refractivity contribution in [3.05, 3.63) is 77.3 Å². The number of anilines is 1. The Labute approximate surface area is 206 Å². The first kappa shape index (κ1) is 22.1. The number of thioether (sulfide) groups is 1. The third-order valence-electron chi connectivity index (χ3n) is 4.77. The molecule has 0 radical (unpaired) electrons. The van der Waals surface area contributed by atoms with E-state index in [1.165, 1.54) is 15.3 Å². The predicted molar refractivity (Wildman–Crippen MR) is 134 cm³/mol. The molecule has 2 heterocycles. The average Bonchev–Trinajstić information content (AvgIpc) is 3.38. The molecule has 11 heteroatoms. The first-order valence-corrected chi connectivity index (χ1v) is 13.8. The van der Waals surface area contributed by atoms with E-state index in [0.29, 0.717) is 21.3 Å². The molecule has 166 valence electrons. The van der Waals surface area contributed by atoms with Gasteiger partial charge in [0, 0.05) is 4.47 Å². The lowest BCUT2D eigenvalue weighted by molar-refractivity contribution is -0.526. The fraction of sp³-hybridized carbons (Fsp3) is 0.0455. The minimum absolute atomic E-state index is 0.0107. The Morgan fingerprint density at radius 2 is 1.85 bits per heavy atom. The summed E-state index contributed by atoms with van der Waals surface area (Å²) in [6, 6.07) is 21.1. The van der Waals surface area contributed by atoms with Gasteiger partial charge >= 0.3 is 15.2 Å². The van der Waals surface area contributed by atoms with Crippen molar-refractivity contribution in [2.75, 3.05) is 11.1 Å². The highest BCUT2D eigenvalue weighted by Crippen LogP contribution is 2.29. The lowest BCUT2D eigenvalue weighted by Crippen LogP contribution is -2.44. The Morgan fingerprint density at radius 1 is 1.09 bits per heavy atom. The maximum Gasteiger partial charge on any atom is 0.336 e. The number of H-pyrrole nitrogens is 1. The molecule has 3 aromatic carbocycles. The molecule has 0 spiro atoms. The van der Waals surface area contributed by atoms with Gasteiger partial charge in [0.25, 0.3) is 0 Å². The van der Waals surface area contributed by atoms with Crippen molar-refractivity contribution < 1.29 is 17.2 Å². The van der Waals surface area contributed by atoms with Gasteiger partial charge in [-0.05, 0) is 54.2 Å². The Hall–Kier alpha value is -2.73. The summed E-state index contributed by atoms with van der Waals surface area (Å²) in [4.78, 5) is 20.4. The minimum atomic E-state index is -3.86. The van der Waals surface area contributed by atoms with Gasteiger partial charge in [-0.2, -0.15) is 8.42 Å². The van der Waals surface area contributed by atoms with E-state index >= 15 is 0 Å². The zero-order valence-corrected chi connectivity index (χ0v) is 20.9. The number of nitrogens with zero attached hydrogens (tertiary/aromatic N) is 2. The SMILES string of the molecule is O=C(CSc1[nH]c2ccccc2[n+]1S(=O)(=O)c1ccccc1)Nc1nc2ccc(Br)cc2s1. The number of aromatic amines is 1. The van der Waals surface area contributed by atoms with E-state index < -0.39 is 10.0 Å². The van der Waals surface area contributed by atoms with Gasteiger partial charge in [0.1, 0.15) is 4.90 Å². The normalized spacial score (nSPS) is 11.8. The Kier molecular flexibility index (Phi) is 5.95. The van der Waals surface area contributed by atoms with Crippen LogP contribution in [0.4, 0.5) is 5.13 Å². The van der Waals surface area contributed by atoms with Crippen molar-refractivity contribution in [3.8, 4) is 0 Å². The number of imidazole rings is 1. The van der Waals surface area contributed by atoms with Crippen molar-refractivity contribution in [1.29, 1.82) is 0 Å². The lowest BCUT2D eigenvalue weighted by Gasteiger charge is -2.04. The van der Waals surface area contributed by atoms with E-state index in [1.54, 1.807) is 48.5 Å². The van der Waals surface area contributed by atoms with Crippen LogP contribution in [0.15, 0.2) is 87.3 Å². The summed E-state index contributed by atoms with van der Waals surface area (Å²) in [5.74, 6) is -0.267. The molecule has 0 aliphatic heterocycles. The molecule has 0 bridgehead atoms. The monoisotopic (exact) mass is 559 g/mol. The van der Waals surface area contributed by atoms with Crippen molar-refractivity contribution in [3.63, 3.8) is 0 Å². The Morgan fingerprint density at radius 3 is 2.67 bits per heavy atom. The zero-order chi connectivity index (χ0) is 23.0. The summed E-state index contributed by atoms with van der Waals surface area (Å²) in [6.07, 6.45) is 0. The number of halogens is 1. The summed E-state index contributed by atoms with van der Waals surface area (Å²) < 4.78 is 30.0. The third kappa shape index (κ3) is 4.41. The molecule has 0 aliphatic rings. The maximum absolute atomic E-state index is 13.4. The van der Waals surface area contributed by atoms with Crippen LogP contribution in [0.25, 0.3) is 21.3 Å². The quantitative estimate of drug-likeness (QED) is 0.230. The summed E-state index contributed by atoms with van der Waals surface area (Å²) in [5.41, 5.74) is 1.98. The summed E-state index contributed by atoms with van der Waals surface area (Å²) >= 11 is 5.93. The number of hydrogen-bond donors (Lipinski definition) is 2. The highest BCUT2D eigenvalue weighted by atomic mass is 79.9. The predicted octanol–water partition coefficient (Wildman–Crippen LogP) is 4.80. The van der Waals surface area contributed by atoms with Crippen LogP contribution in [0.2, 0.25) is 0 Å². The van der Waals surface area contributed by atoms with Crippen molar-refractivity contribution >= 4 is 81.3 Å². The molecular weight excluding hydrogens is 544 g/mol. The fourth-order valence-corrected chi connectivity index (χ4v) is 7.32. The van der Waals surface area contributed by atoms with Crippen molar-refractivity contribution in [1.82, 2.24) is 9.97 Å². The highest BCUT2D eigenvalue weighted by molar-refractivity contribution is 9.10. The number of carbonyl (C=O) groups excluding carboxylic acids is 1. The molecule has 0 saturated carbocycles. The molecule has 0 unspecified atom stereocenters. The van der Waals surface area contributed by atoms with Gasteiger partial charge in [-0.3, -0.25) is 4.79 Å². The standard InChI is InChI=1S/C22H15BrN4O3S3/c23-14-10-11-17-19(12-14)32-21(24-17)26-20(28)13-31-22-25-16-8-4-5-9-18(16)27(22)33(29,30)15-6-2-1-3-7-15/h1-12H,13H2,(H,24,26,28)/p+1. The molecule has 0 atom stereocenters. The molecule has 0 fully saturated rings. The second-order valence-corrected chi connectivity index (χ2v) is 11.7. The summed E-state index contributed by atoms with van der Waals surface area (Å²) in [6.45, 7) is 0. The van der Waals surface area contributed by atoms with Gasteiger partial charge < -0.3 is 5.32 Å². The topological polar surface area (TPSA) is 95.8 Å². The number of benzene rings is 3. The molecule has 1 amide bonds. The van der Waals surface area contributed by atoms with Gasteiger partial charge in [-0.1, -0.05) is 57.6 Å². The summed E-state index contributed by atoms with van der Waals surface area (Å²) in [5, 5.41) is 3.65. The van der Waals surface area contributed by atoms with Gasteiger partial charge in [-0.25, -0.2) is 9.97 Å². The van der Waals surface area contributed by atoms with Gasteiger partial charge in [0.15, 0.2) is 16.2 Å². The maximum atomic E-state index is 13.4. The molecular formula is C22H16BrN4O3S3+. The number of rotatable bonds is 6. The van der Waals surface area contributed by atoms with E-state index in [0.717, 1.165) is 26.5 Å². The molecule has 33 heavy (non-hydrogen) atoms. The largest absolute Gasteiger partial charge is 0.336 e. The van der Waals surface area contributed by atoms with Gasteiger partial charge in [0.05, 0.1) is 16.0 Å². The number of carbonyl (C=O) groups is 1. The molecule has 5 rings (SSSR count). The van der Waals surface area contributed by atoms with E-state index in [4.69, 9.17) is 0 Å². The summed E-state index contributed by atoms with van der Waals surface area (Å²) in [7, 11) is -3.86. The number of nitrogens with one attached hydrogen (secondary N) is 2. The van der Waals surface area contributed by atoms with E-state index in [1.807, 2.05) is 24.3 Å². The molecule has 2 aromatic heterocycles. The van der Waals surface area contributed by atoms with E-state index in [2.05, 4.69) is 31.2 Å². The first-order valence-electron chi connectivity index (χ1n) is 9.74. The van der Waals surface area contributed by atoms with E-state index in [9.17, 15) is 13.2 Å². The van der Waals surface area contributed by atoms with Crippen LogP contribution in [0.5, 0.6) is 0 Å². The molecule has 2 N–H and O–H groups in total. The van der Waals surface area contributed by atoms with Crippen LogP contribution < -0.4 is 9.29 Å². The molecule has 0 aliphatic carbocycles. The van der Waals surface area contributed by atoms with Gasteiger partial charge in [-0.15, -0.1) is 3.97 Å². The fourth-order valence-electron chi connectivity index (χ4n) is 3.30. The number of para-hydroxylation sites is 2. The average molecular weight is 561 g/mol. The van der Waals surface area contributed by atoms with Crippen LogP contribution in [0.1, 0.15) is 0 Å². The van der Waals surface area contributed by atoms with Gasteiger partial charge in [0.2, 0.25) is 5.91 Å². The zero-order valence-electron chi connectivity index (χ0n) is 16.9. The molecule has 7 nitrogen and oxygen atoms in total. The van der Waals surface area contributed by atoms with Crippen molar-refractivity contribution in [2.24, 2.45) is 0 Å². The van der Waals surface area contributed by atoms with Crippen LogP contribution in [0, 0.1) is 0 Å². The van der Waals surface area contributed by atoms with Crippen LogP contribution >= 0.6 is 39.0 Å². The number of aromatic nitrogens is 3. The number of hydrogen-bond acceptors (Lipinski definition) is 6. The minimum Gasteiger partial charge on any atom is -0.301 e. The van der Waals surface area contributed by atoms with Crippen LogP contribution in [-0.4, -0.2) is 30.0 Å².